The quantitative estimate of drug-likeness (QED) is 0.307. The molecule has 126 valence electrons. The van der Waals surface area contributed by atoms with Crippen molar-refractivity contribution in [1.29, 1.82) is 0 Å². The Labute approximate surface area is 149 Å². The lowest BCUT2D eigenvalue weighted by Gasteiger charge is -2.13. The van der Waals surface area contributed by atoms with Gasteiger partial charge in [-0.15, -0.1) is 24.0 Å². The topological polar surface area (TPSA) is 45.7 Å². The number of halogens is 2. The van der Waals surface area contributed by atoms with E-state index >= 15 is 0 Å². The van der Waals surface area contributed by atoms with E-state index in [1.54, 1.807) is 26.1 Å². The van der Waals surface area contributed by atoms with Crippen molar-refractivity contribution in [1.82, 2.24) is 10.6 Å². The van der Waals surface area contributed by atoms with Crippen LogP contribution >= 0.6 is 24.0 Å². The molecule has 1 aromatic rings. The maximum atomic E-state index is 13.4. The van der Waals surface area contributed by atoms with Gasteiger partial charge < -0.3 is 15.4 Å². The normalized spacial score (nSPS) is 11.3. The summed E-state index contributed by atoms with van der Waals surface area (Å²) in [5.41, 5.74) is 1.54. The molecule has 2 N–H and O–H groups in total. The predicted octanol–water partition coefficient (Wildman–Crippen LogP) is 3.09. The van der Waals surface area contributed by atoms with Gasteiger partial charge in [-0.2, -0.15) is 0 Å². The molecule has 22 heavy (non-hydrogen) atoms. The minimum absolute atomic E-state index is 0. The van der Waals surface area contributed by atoms with Crippen molar-refractivity contribution < 1.29 is 9.13 Å². The number of hydrogen-bond donors (Lipinski definition) is 2. The molecule has 1 aromatic carbocycles. The van der Waals surface area contributed by atoms with E-state index in [-0.39, 0.29) is 29.8 Å². The largest absolute Gasteiger partial charge is 0.379 e. The van der Waals surface area contributed by atoms with Crippen LogP contribution in [0.4, 0.5) is 4.39 Å². The Morgan fingerprint density at radius 3 is 2.64 bits per heavy atom. The zero-order valence-corrected chi connectivity index (χ0v) is 16.1. The van der Waals surface area contributed by atoms with Gasteiger partial charge in [0, 0.05) is 26.7 Å². The summed E-state index contributed by atoms with van der Waals surface area (Å²) in [5, 5.41) is 6.31. The average Bonchev–Trinajstić information content (AvgIpc) is 2.45. The summed E-state index contributed by atoms with van der Waals surface area (Å²) in [6.45, 7) is 8.61. The molecule has 0 spiro atoms. The van der Waals surface area contributed by atoms with E-state index in [1.807, 2.05) is 6.07 Å². The first-order valence-electron chi connectivity index (χ1n) is 7.30. The van der Waals surface area contributed by atoms with E-state index in [2.05, 4.69) is 29.5 Å². The minimum atomic E-state index is -0.181. The van der Waals surface area contributed by atoms with Crippen LogP contribution in [0.25, 0.3) is 0 Å². The molecule has 0 heterocycles. The van der Waals surface area contributed by atoms with E-state index < -0.39 is 0 Å². The highest BCUT2D eigenvalue weighted by Gasteiger charge is 2.01. The Morgan fingerprint density at radius 2 is 2.05 bits per heavy atom. The van der Waals surface area contributed by atoms with Crippen molar-refractivity contribution >= 4 is 29.9 Å². The summed E-state index contributed by atoms with van der Waals surface area (Å²) in [7, 11) is 1.71. The van der Waals surface area contributed by atoms with Gasteiger partial charge in [0.2, 0.25) is 0 Å². The molecular weight excluding hydrogens is 396 g/mol. The molecule has 0 fully saturated rings. The molecule has 0 amide bonds. The molecule has 0 unspecified atom stereocenters. The Balaban J connectivity index is 0.00000441. The lowest BCUT2D eigenvalue weighted by atomic mass is 10.1. The summed E-state index contributed by atoms with van der Waals surface area (Å²) in [5.74, 6) is 1.04. The van der Waals surface area contributed by atoms with Gasteiger partial charge in [0.15, 0.2) is 5.96 Å². The molecule has 0 atom stereocenters. The van der Waals surface area contributed by atoms with Crippen LogP contribution < -0.4 is 10.6 Å². The molecule has 0 saturated carbocycles. The van der Waals surface area contributed by atoms with Gasteiger partial charge in [0.1, 0.15) is 5.82 Å². The predicted molar refractivity (Wildman–Crippen MR) is 100 cm³/mol. The van der Waals surface area contributed by atoms with Gasteiger partial charge in [-0.25, -0.2) is 4.39 Å². The molecular formula is C16H27FIN3O. The standard InChI is InChI=1S/C16H26FN3O.HI/c1-12(2)11-21-8-7-19-16(18-4)20-10-14-6-5-13(3)15(17)9-14;/h5-6,9,12H,7-8,10-11H2,1-4H3,(H2,18,19,20);1H. The molecule has 0 aliphatic carbocycles. The van der Waals surface area contributed by atoms with E-state index in [0.29, 0.717) is 37.1 Å². The van der Waals surface area contributed by atoms with Crippen LogP contribution in [0.15, 0.2) is 23.2 Å². The third-order valence-electron chi connectivity index (χ3n) is 2.91. The van der Waals surface area contributed by atoms with E-state index in [1.165, 1.54) is 0 Å². The number of guanidine groups is 1. The second-order valence-electron chi connectivity index (χ2n) is 5.40. The van der Waals surface area contributed by atoms with Gasteiger partial charge in [-0.1, -0.05) is 26.0 Å². The molecule has 0 saturated heterocycles. The van der Waals surface area contributed by atoms with Crippen LogP contribution in [-0.4, -0.2) is 32.8 Å². The highest BCUT2D eigenvalue weighted by Crippen LogP contribution is 2.08. The van der Waals surface area contributed by atoms with Gasteiger partial charge in [0.05, 0.1) is 6.61 Å². The molecule has 1 rings (SSSR count). The van der Waals surface area contributed by atoms with Crippen LogP contribution in [0.2, 0.25) is 0 Å². The average molecular weight is 423 g/mol. The number of aliphatic imine (C=N–C) groups is 1. The molecule has 4 nitrogen and oxygen atoms in total. The minimum Gasteiger partial charge on any atom is -0.379 e. The number of hydrogen-bond acceptors (Lipinski definition) is 2. The maximum Gasteiger partial charge on any atom is 0.191 e. The van der Waals surface area contributed by atoms with Gasteiger partial charge >= 0.3 is 0 Å². The highest BCUT2D eigenvalue weighted by atomic mass is 127. The fraction of sp³-hybridized carbons (Fsp3) is 0.562. The Hall–Kier alpha value is -0.890. The Kier molecular flexibility index (Phi) is 11.2. The van der Waals surface area contributed by atoms with E-state index in [9.17, 15) is 4.39 Å². The van der Waals surface area contributed by atoms with Crippen LogP contribution in [0.3, 0.4) is 0 Å². The SMILES string of the molecule is CN=C(NCCOCC(C)C)NCc1ccc(C)c(F)c1.I. The Bertz CT molecular complexity index is 467. The van der Waals surface area contributed by atoms with Crippen LogP contribution in [0.1, 0.15) is 25.0 Å². The molecule has 0 aromatic heterocycles. The summed E-state index contributed by atoms with van der Waals surface area (Å²) in [6.07, 6.45) is 0. The second kappa shape index (κ2) is 11.6. The van der Waals surface area contributed by atoms with E-state index in [4.69, 9.17) is 4.74 Å². The maximum absolute atomic E-state index is 13.4. The molecule has 6 heteroatoms. The van der Waals surface area contributed by atoms with Crippen molar-refractivity contribution in [3.05, 3.63) is 35.1 Å². The lowest BCUT2D eigenvalue weighted by Crippen LogP contribution is -2.38. The highest BCUT2D eigenvalue weighted by molar-refractivity contribution is 14.0. The van der Waals surface area contributed by atoms with Crippen molar-refractivity contribution in [2.24, 2.45) is 10.9 Å². The van der Waals surface area contributed by atoms with Gasteiger partial charge in [-0.05, 0) is 30.0 Å². The fourth-order valence-corrected chi connectivity index (χ4v) is 1.71. The first-order chi connectivity index (χ1) is 10.0. The number of nitrogens with one attached hydrogen (secondary N) is 2. The summed E-state index contributed by atoms with van der Waals surface area (Å²) in [6, 6.07) is 5.23. The Morgan fingerprint density at radius 1 is 1.32 bits per heavy atom. The van der Waals surface area contributed by atoms with Crippen LogP contribution in [0, 0.1) is 18.7 Å². The van der Waals surface area contributed by atoms with E-state index in [0.717, 1.165) is 12.2 Å². The molecule has 0 radical (unpaired) electrons. The number of nitrogens with zero attached hydrogens (tertiary/aromatic N) is 1. The third-order valence-corrected chi connectivity index (χ3v) is 2.91. The monoisotopic (exact) mass is 423 g/mol. The van der Waals surface area contributed by atoms with Crippen molar-refractivity contribution in [2.75, 3.05) is 26.8 Å². The van der Waals surface area contributed by atoms with Crippen LogP contribution in [0.5, 0.6) is 0 Å². The number of benzene rings is 1. The fourth-order valence-electron chi connectivity index (χ4n) is 1.71. The van der Waals surface area contributed by atoms with Gasteiger partial charge in [0.25, 0.3) is 0 Å². The summed E-state index contributed by atoms with van der Waals surface area (Å²) >= 11 is 0. The summed E-state index contributed by atoms with van der Waals surface area (Å²) < 4.78 is 18.9. The number of aryl methyl sites for hydroxylation is 1. The van der Waals surface area contributed by atoms with Crippen molar-refractivity contribution in [3.63, 3.8) is 0 Å². The van der Waals surface area contributed by atoms with Crippen LogP contribution in [-0.2, 0) is 11.3 Å². The molecule has 0 aliphatic heterocycles. The third kappa shape index (κ3) is 8.53. The smallest absolute Gasteiger partial charge is 0.191 e. The van der Waals surface area contributed by atoms with Crippen molar-refractivity contribution in [3.8, 4) is 0 Å². The lowest BCUT2D eigenvalue weighted by molar-refractivity contribution is 0.114. The first kappa shape index (κ1) is 21.1. The molecule has 0 aliphatic rings. The zero-order valence-electron chi connectivity index (χ0n) is 13.8. The first-order valence-corrected chi connectivity index (χ1v) is 7.30. The zero-order chi connectivity index (χ0) is 15.7. The van der Waals surface area contributed by atoms with Crippen molar-refractivity contribution in [2.45, 2.75) is 27.3 Å². The van der Waals surface area contributed by atoms with Gasteiger partial charge in [-0.3, -0.25) is 4.99 Å². The number of ether oxygens (including phenoxy) is 1. The second-order valence-corrected chi connectivity index (χ2v) is 5.40. The summed E-state index contributed by atoms with van der Waals surface area (Å²) in [4.78, 5) is 4.12. The molecule has 0 bridgehead atoms. The number of rotatable bonds is 7.